The van der Waals surface area contributed by atoms with Gasteiger partial charge >= 0.3 is 6.09 Å². The van der Waals surface area contributed by atoms with Gasteiger partial charge in [0.15, 0.2) is 8.32 Å². The summed E-state index contributed by atoms with van der Waals surface area (Å²) >= 11 is 0. The topological polar surface area (TPSA) is 59.0 Å². The van der Waals surface area contributed by atoms with Gasteiger partial charge in [-0.05, 0) is 54.6 Å². The van der Waals surface area contributed by atoms with Crippen molar-refractivity contribution in [2.45, 2.75) is 83.3 Å². The normalized spacial score (nSPS) is 20.2. The number of aliphatic hydroxyl groups excluding tert-OH is 1. The maximum atomic E-state index is 13.3. The smallest absolute Gasteiger partial charge is 0.411 e. The first kappa shape index (κ1) is 26.5. The Morgan fingerprint density at radius 2 is 1.76 bits per heavy atom. The second-order valence-corrected chi connectivity index (χ2v) is 15.8. The highest BCUT2D eigenvalue weighted by Gasteiger charge is 2.43. The molecule has 1 saturated heterocycles. The van der Waals surface area contributed by atoms with Crippen LogP contribution in [-0.4, -0.2) is 37.6 Å². The highest BCUT2D eigenvalue weighted by atomic mass is 28.4. The van der Waals surface area contributed by atoms with E-state index in [1.54, 1.807) is 4.90 Å². The van der Waals surface area contributed by atoms with Crippen LogP contribution in [0.15, 0.2) is 54.6 Å². The Bertz CT molecular complexity index is 939. The Balaban J connectivity index is 1.72. The fourth-order valence-electron chi connectivity index (χ4n) is 4.27. The summed E-state index contributed by atoms with van der Waals surface area (Å²) in [5, 5.41) is 9.48. The molecule has 0 spiro atoms. The molecule has 0 aliphatic carbocycles. The number of rotatable bonds is 9. The molecule has 1 unspecified atom stereocenters. The van der Waals surface area contributed by atoms with Gasteiger partial charge in [0.1, 0.15) is 5.60 Å². The standard InChI is InChI=1S/C28H41NO4Si/c1-22(24-15-13-23(21-30)14-16-24)29-19-18-28(33-26(29)31,25-11-8-7-9-12-25)17-10-20-32-34(5,6)27(2,3)4/h7-9,11-16,22,30H,10,17-21H2,1-6H3/t22-,28?/m0/s1. The lowest BCUT2D eigenvalue weighted by molar-refractivity contribution is -0.0678. The van der Waals surface area contributed by atoms with Crippen LogP contribution in [0.1, 0.15) is 69.7 Å². The van der Waals surface area contributed by atoms with Gasteiger partial charge < -0.3 is 19.2 Å². The van der Waals surface area contributed by atoms with Crippen molar-refractivity contribution in [3.05, 3.63) is 71.3 Å². The summed E-state index contributed by atoms with van der Waals surface area (Å²) < 4.78 is 12.7. The molecule has 2 aromatic rings. The van der Waals surface area contributed by atoms with E-state index in [0.29, 0.717) is 13.2 Å². The summed E-state index contributed by atoms with van der Waals surface area (Å²) in [5.41, 5.74) is 2.31. The van der Waals surface area contributed by atoms with Crippen LogP contribution >= 0.6 is 0 Å². The first-order chi connectivity index (χ1) is 16.0. The first-order valence-electron chi connectivity index (χ1n) is 12.4. The first-order valence-corrected chi connectivity index (χ1v) is 15.3. The second-order valence-electron chi connectivity index (χ2n) is 11.0. The molecular formula is C28H41NO4Si. The van der Waals surface area contributed by atoms with Crippen molar-refractivity contribution in [3.63, 3.8) is 0 Å². The molecule has 0 saturated carbocycles. The van der Waals surface area contributed by atoms with E-state index in [9.17, 15) is 9.90 Å². The third kappa shape index (κ3) is 5.91. The maximum absolute atomic E-state index is 13.3. The van der Waals surface area contributed by atoms with Gasteiger partial charge in [0.25, 0.3) is 0 Å². The van der Waals surface area contributed by atoms with Crippen LogP contribution in [0.3, 0.4) is 0 Å². The van der Waals surface area contributed by atoms with Crippen LogP contribution in [-0.2, 0) is 21.4 Å². The molecule has 6 heteroatoms. The number of ether oxygens (including phenoxy) is 1. The highest BCUT2D eigenvalue weighted by Crippen LogP contribution is 2.41. The largest absolute Gasteiger partial charge is 0.438 e. The van der Waals surface area contributed by atoms with Gasteiger partial charge in [-0.3, -0.25) is 0 Å². The van der Waals surface area contributed by atoms with E-state index in [0.717, 1.165) is 36.0 Å². The van der Waals surface area contributed by atoms with Gasteiger partial charge in [0.2, 0.25) is 0 Å². The Morgan fingerprint density at radius 1 is 1.12 bits per heavy atom. The van der Waals surface area contributed by atoms with E-state index < -0.39 is 13.9 Å². The quantitative estimate of drug-likeness (QED) is 0.315. The number of cyclic esters (lactones) is 1. The van der Waals surface area contributed by atoms with E-state index in [1.165, 1.54) is 0 Å². The molecule has 34 heavy (non-hydrogen) atoms. The number of nitrogens with zero attached hydrogens (tertiary/aromatic N) is 1. The zero-order chi connectivity index (χ0) is 25.0. The lowest BCUT2D eigenvalue weighted by Crippen LogP contribution is -2.49. The van der Waals surface area contributed by atoms with Crippen LogP contribution in [0, 0.1) is 0 Å². The molecule has 1 amide bonds. The van der Waals surface area contributed by atoms with Crippen molar-refractivity contribution in [1.82, 2.24) is 4.90 Å². The van der Waals surface area contributed by atoms with Gasteiger partial charge in [-0.1, -0.05) is 75.4 Å². The SMILES string of the molecule is C[C@@H](c1ccc(CO)cc1)N1CCC(CCCO[Si](C)(C)C(C)(C)C)(c2ccccc2)OC1=O. The molecular weight excluding hydrogens is 442 g/mol. The zero-order valence-corrected chi connectivity index (χ0v) is 22.6. The number of aliphatic hydroxyl groups is 1. The predicted octanol–water partition coefficient (Wildman–Crippen LogP) is 6.78. The zero-order valence-electron chi connectivity index (χ0n) is 21.6. The third-order valence-corrected chi connectivity index (χ3v) is 12.2. The van der Waals surface area contributed by atoms with Crippen molar-refractivity contribution in [1.29, 1.82) is 0 Å². The average molecular weight is 484 g/mol. The minimum Gasteiger partial charge on any atom is -0.438 e. The number of benzene rings is 2. The van der Waals surface area contributed by atoms with Gasteiger partial charge in [-0.15, -0.1) is 0 Å². The number of carbonyl (C=O) groups is 1. The molecule has 1 heterocycles. The molecule has 1 N–H and O–H groups in total. The number of carbonyl (C=O) groups excluding carboxylic acids is 1. The van der Waals surface area contributed by atoms with Gasteiger partial charge in [-0.25, -0.2) is 4.79 Å². The van der Waals surface area contributed by atoms with Gasteiger partial charge in [0, 0.05) is 19.6 Å². The molecule has 0 aromatic heterocycles. The van der Waals surface area contributed by atoms with Crippen LogP contribution < -0.4 is 0 Å². The van der Waals surface area contributed by atoms with E-state index in [1.807, 2.05) is 49.4 Å². The van der Waals surface area contributed by atoms with Crippen molar-refractivity contribution < 1.29 is 19.1 Å². The summed E-state index contributed by atoms with van der Waals surface area (Å²) in [7, 11) is -1.81. The van der Waals surface area contributed by atoms with Crippen molar-refractivity contribution in [2.24, 2.45) is 0 Å². The van der Waals surface area contributed by atoms with Crippen LogP contribution in [0.5, 0.6) is 0 Å². The van der Waals surface area contributed by atoms with Crippen molar-refractivity contribution in [3.8, 4) is 0 Å². The van der Waals surface area contributed by atoms with E-state index in [2.05, 4.69) is 46.0 Å². The molecule has 5 nitrogen and oxygen atoms in total. The molecule has 186 valence electrons. The molecule has 1 aliphatic rings. The molecule has 2 aromatic carbocycles. The Labute approximate surface area is 206 Å². The summed E-state index contributed by atoms with van der Waals surface area (Å²) in [6.07, 6.45) is 2.04. The summed E-state index contributed by atoms with van der Waals surface area (Å²) in [6, 6.07) is 17.8. The number of hydrogen-bond acceptors (Lipinski definition) is 4. The predicted molar refractivity (Wildman–Crippen MR) is 139 cm³/mol. The van der Waals surface area contributed by atoms with Gasteiger partial charge in [-0.2, -0.15) is 0 Å². The third-order valence-electron chi connectivity index (χ3n) is 7.68. The fourth-order valence-corrected chi connectivity index (χ4v) is 5.36. The fraction of sp³-hybridized carbons (Fsp3) is 0.536. The van der Waals surface area contributed by atoms with E-state index in [-0.39, 0.29) is 23.8 Å². The average Bonchev–Trinajstić information content (AvgIpc) is 2.81. The molecule has 1 fully saturated rings. The van der Waals surface area contributed by atoms with Gasteiger partial charge in [0.05, 0.1) is 12.6 Å². The van der Waals surface area contributed by atoms with Crippen molar-refractivity contribution >= 4 is 14.4 Å². The molecule has 1 aliphatic heterocycles. The molecule has 0 radical (unpaired) electrons. The Hall–Kier alpha value is -2.15. The van der Waals surface area contributed by atoms with Crippen molar-refractivity contribution in [2.75, 3.05) is 13.2 Å². The van der Waals surface area contributed by atoms with Crippen LogP contribution in [0.4, 0.5) is 4.79 Å². The lowest BCUT2D eigenvalue weighted by atomic mass is 9.84. The highest BCUT2D eigenvalue weighted by molar-refractivity contribution is 6.74. The van der Waals surface area contributed by atoms with Crippen LogP contribution in [0.2, 0.25) is 18.1 Å². The number of amides is 1. The lowest BCUT2D eigenvalue weighted by Gasteiger charge is -2.44. The molecule has 2 atom stereocenters. The summed E-state index contributed by atoms with van der Waals surface area (Å²) in [5.74, 6) is 0. The van der Waals surface area contributed by atoms with Crippen LogP contribution in [0.25, 0.3) is 0 Å². The monoisotopic (exact) mass is 483 g/mol. The minimum atomic E-state index is -1.81. The van der Waals surface area contributed by atoms with E-state index >= 15 is 0 Å². The maximum Gasteiger partial charge on any atom is 0.411 e. The second kappa shape index (κ2) is 10.6. The number of hydrogen-bond donors (Lipinski definition) is 1. The minimum absolute atomic E-state index is 0.0130. The molecule has 3 rings (SSSR count). The molecule has 0 bridgehead atoms. The van der Waals surface area contributed by atoms with E-state index in [4.69, 9.17) is 9.16 Å². The summed E-state index contributed by atoms with van der Waals surface area (Å²) in [4.78, 5) is 15.1. The Morgan fingerprint density at radius 3 is 2.32 bits per heavy atom. The Kier molecular flexibility index (Phi) is 8.27. The summed E-state index contributed by atoms with van der Waals surface area (Å²) in [6.45, 7) is 14.6.